The minimum absolute atomic E-state index is 0.0176. The van der Waals surface area contributed by atoms with Crippen LogP contribution < -0.4 is 10.6 Å². The van der Waals surface area contributed by atoms with Gasteiger partial charge in [-0.1, -0.05) is 6.07 Å². The summed E-state index contributed by atoms with van der Waals surface area (Å²) in [4.78, 5) is 76.5. The number of hydrogen-bond acceptors (Lipinski definition) is 9. The van der Waals surface area contributed by atoms with Crippen molar-refractivity contribution in [2.45, 2.75) is 37.0 Å². The third kappa shape index (κ3) is 6.78. The molecule has 2 aromatic heterocycles. The summed E-state index contributed by atoms with van der Waals surface area (Å²) in [6.45, 7) is 0.00126. The van der Waals surface area contributed by atoms with Crippen molar-refractivity contribution in [3.63, 3.8) is 0 Å². The molecule has 39 heavy (non-hydrogen) atoms. The van der Waals surface area contributed by atoms with Crippen LogP contribution in [0.5, 0.6) is 0 Å². The Bertz CT molecular complexity index is 1140. The lowest BCUT2D eigenvalue weighted by Gasteiger charge is -2.23. The van der Waals surface area contributed by atoms with Gasteiger partial charge in [-0.05, 0) is 23.6 Å². The number of carboxylic acids is 2. The molecule has 0 aromatic carbocycles. The van der Waals surface area contributed by atoms with Gasteiger partial charge in [0.2, 0.25) is 11.8 Å². The Hall–Kier alpha value is -3.85. The molecule has 4 amide bonds. The molecule has 2 fully saturated rings. The van der Waals surface area contributed by atoms with Crippen LogP contribution in [0.4, 0.5) is 0 Å². The van der Waals surface area contributed by atoms with Crippen molar-refractivity contribution in [1.29, 1.82) is 0 Å². The van der Waals surface area contributed by atoms with Crippen molar-refractivity contribution in [2.24, 2.45) is 0 Å². The monoisotopic (exact) mass is 578 g/mol. The maximum atomic E-state index is 12.8. The van der Waals surface area contributed by atoms with Crippen molar-refractivity contribution in [3.8, 4) is 0 Å². The van der Waals surface area contributed by atoms with Gasteiger partial charge in [0.15, 0.2) is 5.76 Å². The number of carboxylic acid groups (broad SMARTS) is 2. The highest BCUT2D eigenvalue weighted by molar-refractivity contribution is 8.00. The van der Waals surface area contributed by atoms with E-state index in [1.165, 1.54) is 28.6 Å². The van der Waals surface area contributed by atoms with Crippen molar-refractivity contribution in [1.82, 2.24) is 20.4 Å². The molecular weight excluding hydrogens is 552 g/mol. The van der Waals surface area contributed by atoms with Gasteiger partial charge in [0.1, 0.15) is 12.1 Å². The molecular formula is C24H26N4O9S2. The van der Waals surface area contributed by atoms with Crippen LogP contribution in [0.1, 0.15) is 33.1 Å². The number of carbonyl (C=O) groups is 6. The molecule has 4 heterocycles. The van der Waals surface area contributed by atoms with E-state index in [4.69, 9.17) is 4.42 Å². The molecule has 2 saturated heterocycles. The third-order valence-corrected chi connectivity index (χ3v) is 8.20. The Balaban J connectivity index is 1.28. The minimum atomic E-state index is -1.21. The number of amides is 4. The molecule has 2 aliphatic heterocycles. The fourth-order valence-corrected chi connectivity index (χ4v) is 6.03. The van der Waals surface area contributed by atoms with E-state index in [1.54, 1.807) is 23.6 Å². The van der Waals surface area contributed by atoms with Gasteiger partial charge in [-0.15, -0.1) is 23.1 Å². The molecule has 15 heteroatoms. The van der Waals surface area contributed by atoms with Crippen LogP contribution >= 0.6 is 23.1 Å². The number of nitrogens with zero attached hydrogens (tertiary/aromatic N) is 2. The average molecular weight is 579 g/mol. The largest absolute Gasteiger partial charge is 0.480 e. The number of thiophene rings is 1. The lowest BCUT2D eigenvalue weighted by Crippen LogP contribution is -2.43. The summed E-state index contributed by atoms with van der Waals surface area (Å²) >= 11 is 2.19. The Labute approximate surface area is 230 Å². The standard InChI is InChI=1S/C24H26N4O9S2/c29-19(27-9-13(7-15(27)23(33)34)25-21(31)17-3-1-5-37-17)11-38-12-20(30)28-10-14(8-16(28)24(35)36)26-22(32)18-4-2-6-39-18/h1-6,13-16H,7-12H2,(H,25,31)(H,26,32)(H,33,34)(H,35,36)/t13-,14-,15-,16-/m0/s1. The van der Waals surface area contributed by atoms with E-state index >= 15 is 0 Å². The van der Waals surface area contributed by atoms with E-state index in [-0.39, 0.29) is 49.1 Å². The number of rotatable bonds is 10. The molecule has 0 unspecified atom stereocenters. The first-order valence-electron chi connectivity index (χ1n) is 11.9. The van der Waals surface area contributed by atoms with Gasteiger partial charge in [-0.3, -0.25) is 19.2 Å². The fourth-order valence-electron chi connectivity index (χ4n) is 4.62. The van der Waals surface area contributed by atoms with Crippen LogP contribution in [0, 0.1) is 0 Å². The quantitative estimate of drug-likeness (QED) is 0.306. The van der Waals surface area contributed by atoms with E-state index in [1.807, 2.05) is 0 Å². The van der Waals surface area contributed by atoms with Crippen molar-refractivity contribution < 1.29 is 43.4 Å². The molecule has 2 aliphatic rings. The van der Waals surface area contributed by atoms with Gasteiger partial charge in [-0.2, -0.15) is 0 Å². The van der Waals surface area contributed by atoms with E-state index in [9.17, 15) is 39.0 Å². The SMILES string of the molecule is O=C(N[C@H]1C[C@@H](C(=O)O)N(C(=O)CSCC(=O)N2C[C@@H](NC(=O)c3cccs3)C[C@H]2C(=O)O)C1)c1ccco1. The molecule has 0 bridgehead atoms. The maximum absolute atomic E-state index is 12.8. The van der Waals surface area contributed by atoms with E-state index < -0.39 is 53.8 Å². The molecule has 13 nitrogen and oxygen atoms in total. The molecule has 4 rings (SSSR count). The highest BCUT2D eigenvalue weighted by atomic mass is 32.2. The number of hydrogen-bond donors (Lipinski definition) is 4. The smallest absolute Gasteiger partial charge is 0.326 e. The molecule has 4 N–H and O–H groups in total. The number of thioether (sulfide) groups is 1. The predicted octanol–water partition coefficient (Wildman–Crippen LogP) is 0.342. The molecule has 0 radical (unpaired) electrons. The second-order valence-electron chi connectivity index (χ2n) is 9.06. The van der Waals surface area contributed by atoms with E-state index in [0.717, 1.165) is 16.7 Å². The summed E-state index contributed by atoms with van der Waals surface area (Å²) in [5, 5.41) is 26.3. The lowest BCUT2D eigenvalue weighted by atomic mass is 10.1. The number of likely N-dealkylation sites (tertiary alicyclic amines) is 2. The topological polar surface area (TPSA) is 187 Å². The molecule has 2 aromatic rings. The normalized spacial score (nSPS) is 22.5. The average Bonchev–Trinajstić information content (AvgIpc) is 3.69. The molecule has 4 atom stereocenters. The van der Waals surface area contributed by atoms with Gasteiger partial charge < -0.3 is 35.1 Å². The van der Waals surface area contributed by atoms with Crippen LogP contribution in [0.2, 0.25) is 0 Å². The Morgan fingerprint density at radius 3 is 1.90 bits per heavy atom. The van der Waals surface area contributed by atoms with Crippen molar-refractivity contribution >= 4 is 58.7 Å². The van der Waals surface area contributed by atoms with Gasteiger partial charge in [0.05, 0.1) is 22.6 Å². The van der Waals surface area contributed by atoms with Crippen LogP contribution in [0.3, 0.4) is 0 Å². The number of nitrogens with one attached hydrogen (secondary N) is 2. The first-order chi connectivity index (χ1) is 18.6. The summed E-state index contributed by atoms with van der Waals surface area (Å²) in [7, 11) is 0. The lowest BCUT2D eigenvalue weighted by molar-refractivity contribution is -0.147. The highest BCUT2D eigenvalue weighted by Crippen LogP contribution is 2.23. The summed E-state index contributed by atoms with van der Waals surface area (Å²) in [6, 6.07) is 2.98. The van der Waals surface area contributed by atoms with Crippen LogP contribution in [0.25, 0.3) is 0 Å². The zero-order valence-electron chi connectivity index (χ0n) is 20.5. The molecule has 0 aliphatic carbocycles. The third-order valence-electron chi connectivity index (χ3n) is 6.42. The first kappa shape index (κ1) is 28.2. The summed E-state index contributed by atoms with van der Waals surface area (Å²) < 4.78 is 5.03. The Morgan fingerprint density at radius 2 is 1.44 bits per heavy atom. The number of aliphatic carboxylic acids is 2. The molecule has 208 valence electrons. The first-order valence-corrected chi connectivity index (χ1v) is 14.0. The minimum Gasteiger partial charge on any atom is -0.480 e. The van der Waals surface area contributed by atoms with E-state index in [2.05, 4.69) is 10.6 Å². The van der Waals surface area contributed by atoms with Crippen LogP contribution in [-0.4, -0.2) is 104 Å². The Kier molecular flexibility index (Phi) is 8.91. The number of carbonyl (C=O) groups excluding carboxylic acids is 4. The van der Waals surface area contributed by atoms with Gasteiger partial charge >= 0.3 is 11.9 Å². The van der Waals surface area contributed by atoms with Crippen molar-refractivity contribution in [3.05, 3.63) is 46.5 Å². The second kappa shape index (κ2) is 12.3. The summed E-state index contributed by atoms with van der Waals surface area (Å²) in [5.41, 5.74) is 0. The number of furan rings is 1. The predicted molar refractivity (Wildman–Crippen MR) is 138 cm³/mol. The summed E-state index contributed by atoms with van der Waals surface area (Å²) in [5.74, 6) is -4.64. The van der Waals surface area contributed by atoms with Gasteiger partial charge in [-0.25, -0.2) is 9.59 Å². The maximum Gasteiger partial charge on any atom is 0.326 e. The van der Waals surface area contributed by atoms with E-state index in [0.29, 0.717) is 4.88 Å². The van der Waals surface area contributed by atoms with Crippen LogP contribution in [0.15, 0.2) is 40.3 Å². The zero-order chi connectivity index (χ0) is 28.1. The summed E-state index contributed by atoms with van der Waals surface area (Å²) in [6.07, 6.45) is 1.41. The van der Waals surface area contributed by atoms with Crippen molar-refractivity contribution in [2.75, 3.05) is 24.6 Å². The Morgan fingerprint density at radius 1 is 0.872 bits per heavy atom. The molecule has 0 saturated carbocycles. The van der Waals surface area contributed by atoms with Gasteiger partial charge in [0, 0.05) is 38.0 Å². The fraction of sp³-hybridized carbons (Fsp3) is 0.417. The van der Waals surface area contributed by atoms with Gasteiger partial charge in [0.25, 0.3) is 11.8 Å². The zero-order valence-corrected chi connectivity index (χ0v) is 22.1. The highest BCUT2D eigenvalue weighted by Gasteiger charge is 2.42. The van der Waals surface area contributed by atoms with Crippen LogP contribution in [-0.2, 0) is 19.2 Å². The molecule has 0 spiro atoms. The second-order valence-corrected chi connectivity index (χ2v) is 11.0.